The molecule has 7 nitrogen and oxygen atoms in total. The molecule has 0 aliphatic heterocycles. The highest BCUT2D eigenvalue weighted by molar-refractivity contribution is 9.10. The van der Waals surface area contributed by atoms with Crippen LogP contribution in [0.5, 0.6) is 0 Å². The van der Waals surface area contributed by atoms with Gasteiger partial charge in [0.25, 0.3) is 5.69 Å². The van der Waals surface area contributed by atoms with Gasteiger partial charge in [0.05, 0.1) is 4.92 Å². The number of hydrogen-bond donors (Lipinski definition) is 0. The molecule has 159 valence electrons. The third-order valence-corrected chi connectivity index (χ3v) is 7.15. The Kier molecular flexibility index (Phi) is 6.76. The molecule has 0 fully saturated rings. The van der Waals surface area contributed by atoms with Crippen molar-refractivity contribution in [3.63, 3.8) is 0 Å². The van der Waals surface area contributed by atoms with Crippen molar-refractivity contribution in [1.82, 2.24) is 9.55 Å². The number of halogens is 2. The molecule has 10 heteroatoms. The van der Waals surface area contributed by atoms with Crippen LogP contribution in [0.25, 0.3) is 11.0 Å². The SMILES string of the molecule is C[Si-](C)(C)CCOCn1c(Cl)cc2c(C(=O)c3ccc(Br)cc3)c([N+](=O)[O-])cnc21. The van der Waals surface area contributed by atoms with Gasteiger partial charge >= 0.3 is 0 Å². The number of hydrogen-bond acceptors (Lipinski definition) is 5. The van der Waals surface area contributed by atoms with Crippen LogP contribution < -0.4 is 0 Å². The quantitative estimate of drug-likeness (QED) is 0.124. The first-order valence-electron chi connectivity index (χ1n) is 9.28. The zero-order valence-corrected chi connectivity index (χ0v) is 20.2. The highest BCUT2D eigenvalue weighted by atomic mass is 79.9. The summed E-state index contributed by atoms with van der Waals surface area (Å²) in [5.41, 5.74) is 0.321. The molecule has 2 aromatic heterocycles. The van der Waals surface area contributed by atoms with E-state index >= 15 is 0 Å². The maximum Gasteiger partial charge on any atom is 0.299 e. The summed E-state index contributed by atoms with van der Waals surface area (Å²) in [7, 11) is -1.24. The van der Waals surface area contributed by atoms with E-state index in [1.54, 1.807) is 28.8 Å². The molecule has 0 radical (unpaired) electrons. The predicted octanol–water partition coefficient (Wildman–Crippen LogP) is 5.90. The minimum atomic E-state index is -1.24. The lowest BCUT2D eigenvalue weighted by molar-refractivity contribution is -0.385. The highest BCUT2D eigenvalue weighted by Gasteiger charge is 2.27. The van der Waals surface area contributed by atoms with E-state index in [0.717, 1.165) is 16.7 Å². The first-order chi connectivity index (χ1) is 14.1. The van der Waals surface area contributed by atoms with Gasteiger partial charge in [-0.1, -0.05) is 27.5 Å². The highest BCUT2D eigenvalue weighted by Crippen LogP contribution is 2.32. The second-order valence-electron chi connectivity index (χ2n) is 8.09. The van der Waals surface area contributed by atoms with Gasteiger partial charge in [0, 0.05) is 22.0 Å². The Hall–Kier alpha value is -2.07. The van der Waals surface area contributed by atoms with E-state index in [9.17, 15) is 14.9 Å². The number of fused-ring (bicyclic) bond motifs is 1. The van der Waals surface area contributed by atoms with Crippen molar-refractivity contribution >= 4 is 58.1 Å². The fourth-order valence-corrected chi connectivity index (χ4v) is 4.19. The van der Waals surface area contributed by atoms with Crippen LogP contribution in [0.15, 0.2) is 41.0 Å². The Morgan fingerprint density at radius 1 is 1.30 bits per heavy atom. The Morgan fingerprint density at radius 3 is 2.57 bits per heavy atom. The van der Waals surface area contributed by atoms with Crippen molar-refractivity contribution in [1.29, 1.82) is 0 Å². The number of rotatable bonds is 8. The zero-order chi connectivity index (χ0) is 22.1. The molecule has 3 aromatic rings. The molecule has 0 saturated carbocycles. The second kappa shape index (κ2) is 8.97. The van der Waals surface area contributed by atoms with E-state index in [1.165, 1.54) is 6.07 Å². The number of ether oxygens (including phenoxy) is 1. The van der Waals surface area contributed by atoms with Gasteiger partial charge in [0.15, 0.2) is 0 Å². The third-order valence-electron chi connectivity index (χ3n) is 4.60. The van der Waals surface area contributed by atoms with E-state index in [0.29, 0.717) is 28.4 Å². The van der Waals surface area contributed by atoms with Crippen molar-refractivity contribution in [2.75, 3.05) is 6.61 Å². The molecular formula is C20H21BrClN3O4Si-. The van der Waals surface area contributed by atoms with E-state index in [-0.39, 0.29) is 18.0 Å². The van der Waals surface area contributed by atoms with E-state index < -0.39 is 18.8 Å². The minimum Gasteiger partial charge on any atom is -0.364 e. The predicted molar refractivity (Wildman–Crippen MR) is 123 cm³/mol. The lowest BCUT2D eigenvalue weighted by Crippen LogP contribution is -2.22. The van der Waals surface area contributed by atoms with E-state index in [4.69, 9.17) is 16.3 Å². The van der Waals surface area contributed by atoms with Gasteiger partial charge in [-0.2, -0.15) is 19.6 Å². The molecule has 3 rings (SSSR count). The van der Waals surface area contributed by atoms with E-state index in [1.807, 2.05) is 0 Å². The van der Waals surface area contributed by atoms with Gasteiger partial charge in [-0.05, 0) is 30.3 Å². The number of benzene rings is 1. The Bertz CT molecular complexity index is 1110. The summed E-state index contributed by atoms with van der Waals surface area (Å²) < 4.78 is 8.19. The maximum absolute atomic E-state index is 13.2. The summed E-state index contributed by atoms with van der Waals surface area (Å²) in [6.45, 7) is 7.52. The first-order valence-corrected chi connectivity index (χ1v) is 14.2. The monoisotopic (exact) mass is 509 g/mol. The molecule has 0 unspecified atom stereocenters. The number of carbonyl (C=O) groups excluding carboxylic acids is 1. The summed E-state index contributed by atoms with van der Waals surface area (Å²) in [5.74, 6) is -0.463. The molecule has 0 atom stereocenters. The summed E-state index contributed by atoms with van der Waals surface area (Å²) in [6.07, 6.45) is 1.10. The van der Waals surface area contributed by atoms with Gasteiger partial charge < -0.3 is 4.74 Å². The van der Waals surface area contributed by atoms with Crippen LogP contribution in [0.2, 0.25) is 30.8 Å². The standard InChI is InChI=1S/C20H21BrClN3O4Si/c1-30(2,3)9-8-29-12-24-17(22)10-15-18(16(25(27)28)11-23-20(15)24)19(26)13-4-6-14(21)7-5-13/h4-7,10-11H,8-9,12H2,1-3H3/q-1. The fourth-order valence-electron chi connectivity index (χ4n) is 2.94. The van der Waals surface area contributed by atoms with Gasteiger partial charge in [0.2, 0.25) is 5.78 Å². The largest absolute Gasteiger partial charge is 0.364 e. The summed E-state index contributed by atoms with van der Waals surface area (Å²) in [6, 6.07) is 9.17. The van der Waals surface area contributed by atoms with Crippen LogP contribution in [0.3, 0.4) is 0 Å². The molecule has 0 aliphatic rings. The average molecular weight is 511 g/mol. The normalized spacial score (nSPS) is 11.8. The molecule has 0 spiro atoms. The minimum absolute atomic E-state index is 0.0323. The van der Waals surface area contributed by atoms with Crippen molar-refractivity contribution in [3.8, 4) is 0 Å². The van der Waals surface area contributed by atoms with Crippen LogP contribution in [-0.2, 0) is 11.5 Å². The number of aromatic nitrogens is 2. The van der Waals surface area contributed by atoms with Crippen LogP contribution in [-0.4, -0.2) is 34.9 Å². The lowest BCUT2D eigenvalue weighted by Gasteiger charge is -2.26. The summed E-state index contributed by atoms with van der Waals surface area (Å²) in [4.78, 5) is 28.4. The van der Waals surface area contributed by atoms with Gasteiger partial charge in [0.1, 0.15) is 29.3 Å². The Morgan fingerprint density at radius 2 is 1.97 bits per heavy atom. The molecule has 0 N–H and O–H groups in total. The van der Waals surface area contributed by atoms with Gasteiger partial charge in [-0.15, -0.1) is 14.1 Å². The molecule has 0 aliphatic carbocycles. The smallest absolute Gasteiger partial charge is 0.299 e. The molecular weight excluding hydrogens is 490 g/mol. The zero-order valence-electron chi connectivity index (χ0n) is 16.8. The van der Waals surface area contributed by atoms with Crippen molar-refractivity contribution in [3.05, 3.63) is 67.4 Å². The average Bonchev–Trinajstić information content (AvgIpc) is 2.99. The molecule has 0 amide bonds. The molecule has 0 saturated heterocycles. The number of pyridine rings is 1. The second-order valence-corrected chi connectivity index (χ2v) is 15.0. The fraction of sp³-hybridized carbons (Fsp3) is 0.300. The van der Waals surface area contributed by atoms with E-state index in [2.05, 4.69) is 40.6 Å². The van der Waals surface area contributed by atoms with Crippen molar-refractivity contribution in [2.24, 2.45) is 0 Å². The number of carbonyl (C=O) groups is 1. The summed E-state index contributed by atoms with van der Waals surface area (Å²) >= 11 is 9.70. The maximum atomic E-state index is 13.2. The molecule has 0 bridgehead atoms. The van der Waals surface area contributed by atoms with Crippen LogP contribution >= 0.6 is 27.5 Å². The number of ketones is 1. The van der Waals surface area contributed by atoms with Gasteiger partial charge in [-0.3, -0.25) is 19.5 Å². The van der Waals surface area contributed by atoms with Crippen LogP contribution in [0, 0.1) is 10.1 Å². The molecule has 30 heavy (non-hydrogen) atoms. The van der Waals surface area contributed by atoms with Crippen LogP contribution in [0.4, 0.5) is 5.69 Å². The van der Waals surface area contributed by atoms with Gasteiger partial charge in [-0.25, -0.2) is 4.98 Å². The number of nitro groups is 1. The summed E-state index contributed by atoms with van der Waals surface area (Å²) in [5, 5.41) is 12.2. The Labute approximate surface area is 188 Å². The first kappa shape index (κ1) is 22.6. The lowest BCUT2D eigenvalue weighted by atomic mass is 10.0. The van der Waals surface area contributed by atoms with Crippen molar-refractivity contribution < 1.29 is 14.5 Å². The topological polar surface area (TPSA) is 87.3 Å². The molecule has 1 aromatic carbocycles. The molecule has 2 heterocycles. The van der Waals surface area contributed by atoms with Crippen molar-refractivity contribution in [2.45, 2.75) is 32.4 Å². The Balaban J connectivity index is 2.03. The number of nitrogens with zero attached hydrogens (tertiary/aromatic N) is 3. The van der Waals surface area contributed by atoms with Crippen LogP contribution in [0.1, 0.15) is 15.9 Å². The third kappa shape index (κ3) is 4.97.